The van der Waals surface area contributed by atoms with Gasteiger partial charge in [-0.3, -0.25) is 0 Å². The first kappa shape index (κ1) is 12.4. The average molecular weight is 246 g/mol. The van der Waals surface area contributed by atoms with Crippen molar-refractivity contribution in [3.05, 3.63) is 29.3 Å². The number of nitriles is 1. The van der Waals surface area contributed by atoms with E-state index in [2.05, 4.69) is 6.07 Å². The van der Waals surface area contributed by atoms with Gasteiger partial charge in [0.25, 0.3) is 0 Å². The lowest BCUT2D eigenvalue weighted by atomic mass is 10.1. The topological polar surface area (TPSA) is 73.6 Å². The third-order valence-electron chi connectivity index (χ3n) is 2.93. The fourth-order valence-corrected chi connectivity index (χ4v) is 2.03. The molecule has 1 N–H and O–H groups in total. The Morgan fingerprint density at radius 1 is 1.61 bits per heavy atom. The van der Waals surface area contributed by atoms with E-state index in [1.807, 2.05) is 17.9 Å². The lowest BCUT2D eigenvalue weighted by Gasteiger charge is -2.32. The van der Waals surface area contributed by atoms with Crippen molar-refractivity contribution < 1.29 is 14.6 Å². The van der Waals surface area contributed by atoms with Gasteiger partial charge in [-0.25, -0.2) is 4.79 Å². The van der Waals surface area contributed by atoms with Crippen molar-refractivity contribution in [2.45, 2.75) is 13.0 Å². The molecule has 1 aromatic carbocycles. The molecular formula is C13H14N2O3. The normalized spacial score (nSPS) is 19.3. The Hall–Kier alpha value is -2.06. The zero-order chi connectivity index (χ0) is 13.1. The van der Waals surface area contributed by atoms with Crippen molar-refractivity contribution >= 4 is 11.7 Å². The van der Waals surface area contributed by atoms with E-state index in [-0.39, 0.29) is 5.56 Å². The van der Waals surface area contributed by atoms with Gasteiger partial charge in [0.2, 0.25) is 0 Å². The van der Waals surface area contributed by atoms with Gasteiger partial charge in [0.15, 0.2) is 6.10 Å². The van der Waals surface area contributed by atoms with Crippen LogP contribution in [-0.4, -0.2) is 36.9 Å². The molecule has 2 rings (SSSR count). The summed E-state index contributed by atoms with van der Waals surface area (Å²) in [7, 11) is 0. The number of aromatic carboxylic acids is 1. The molecule has 0 bridgehead atoms. The second-order valence-corrected chi connectivity index (χ2v) is 4.26. The van der Waals surface area contributed by atoms with Crippen LogP contribution in [-0.2, 0) is 4.74 Å². The van der Waals surface area contributed by atoms with Gasteiger partial charge in [-0.2, -0.15) is 5.26 Å². The summed E-state index contributed by atoms with van der Waals surface area (Å²) in [6, 6.07) is 7.27. The minimum atomic E-state index is -0.954. The molecule has 1 saturated heterocycles. The van der Waals surface area contributed by atoms with Gasteiger partial charge in [-0.1, -0.05) is 6.07 Å². The summed E-state index contributed by atoms with van der Waals surface area (Å²) in [6.07, 6.45) is -0.499. The molecule has 5 heteroatoms. The van der Waals surface area contributed by atoms with E-state index in [1.165, 1.54) is 0 Å². The van der Waals surface area contributed by atoms with Crippen LogP contribution in [0.15, 0.2) is 18.2 Å². The highest BCUT2D eigenvalue weighted by atomic mass is 16.5. The molecule has 94 valence electrons. The van der Waals surface area contributed by atoms with Crippen LogP contribution in [0.1, 0.15) is 15.9 Å². The monoisotopic (exact) mass is 246 g/mol. The van der Waals surface area contributed by atoms with Crippen LogP contribution in [0.25, 0.3) is 0 Å². The Bertz CT molecular complexity index is 507. The van der Waals surface area contributed by atoms with Crippen LogP contribution in [0.2, 0.25) is 0 Å². The first-order chi connectivity index (χ1) is 8.61. The molecule has 1 aromatic rings. The number of benzene rings is 1. The lowest BCUT2D eigenvalue weighted by Crippen LogP contribution is -2.42. The van der Waals surface area contributed by atoms with Crippen LogP contribution in [0.3, 0.4) is 0 Å². The van der Waals surface area contributed by atoms with Crippen LogP contribution in [0.4, 0.5) is 5.69 Å². The van der Waals surface area contributed by atoms with Crippen LogP contribution in [0, 0.1) is 18.3 Å². The molecule has 1 unspecified atom stereocenters. The molecule has 1 heterocycles. The summed E-state index contributed by atoms with van der Waals surface area (Å²) in [5, 5.41) is 18.1. The van der Waals surface area contributed by atoms with Gasteiger partial charge in [0.05, 0.1) is 30.5 Å². The van der Waals surface area contributed by atoms with Crippen LogP contribution in [0.5, 0.6) is 0 Å². The van der Waals surface area contributed by atoms with Gasteiger partial charge in [-0.05, 0) is 24.6 Å². The predicted molar refractivity (Wildman–Crippen MR) is 65.7 cm³/mol. The van der Waals surface area contributed by atoms with E-state index in [9.17, 15) is 9.90 Å². The molecule has 0 saturated carbocycles. The summed E-state index contributed by atoms with van der Waals surface area (Å²) in [5.74, 6) is -0.954. The molecule has 1 aliphatic heterocycles. The molecule has 5 nitrogen and oxygen atoms in total. The number of carboxylic acid groups (broad SMARTS) is 1. The Morgan fingerprint density at radius 2 is 2.39 bits per heavy atom. The zero-order valence-electron chi connectivity index (χ0n) is 10.1. The lowest BCUT2D eigenvalue weighted by molar-refractivity contribution is 0.0688. The maximum Gasteiger partial charge on any atom is 0.337 e. The molecule has 18 heavy (non-hydrogen) atoms. The largest absolute Gasteiger partial charge is 0.478 e. The summed E-state index contributed by atoms with van der Waals surface area (Å²) >= 11 is 0. The quantitative estimate of drug-likeness (QED) is 0.854. The molecule has 0 radical (unpaired) electrons. The molecule has 1 atom stereocenters. The summed E-state index contributed by atoms with van der Waals surface area (Å²) in [5.41, 5.74) is 1.92. The molecule has 1 fully saturated rings. The molecule has 0 aliphatic carbocycles. The van der Waals surface area contributed by atoms with E-state index >= 15 is 0 Å². The van der Waals surface area contributed by atoms with Crippen molar-refractivity contribution in [2.24, 2.45) is 0 Å². The Kier molecular flexibility index (Phi) is 3.49. The van der Waals surface area contributed by atoms with Crippen molar-refractivity contribution in [1.29, 1.82) is 5.26 Å². The third-order valence-corrected chi connectivity index (χ3v) is 2.93. The number of carbonyl (C=O) groups is 1. The van der Waals surface area contributed by atoms with Crippen molar-refractivity contribution in [1.82, 2.24) is 0 Å². The van der Waals surface area contributed by atoms with Gasteiger partial charge in [-0.15, -0.1) is 0 Å². The molecular weight excluding hydrogens is 232 g/mol. The van der Waals surface area contributed by atoms with Gasteiger partial charge < -0.3 is 14.7 Å². The molecule has 0 amide bonds. The Balaban J connectivity index is 2.34. The summed E-state index contributed by atoms with van der Waals surface area (Å²) in [4.78, 5) is 13.1. The predicted octanol–water partition coefficient (Wildman–Crippen LogP) is 1.42. The maximum atomic E-state index is 11.2. The number of anilines is 1. The van der Waals surface area contributed by atoms with Crippen molar-refractivity contribution in [3.8, 4) is 6.07 Å². The first-order valence-electron chi connectivity index (χ1n) is 5.72. The van der Waals surface area contributed by atoms with Crippen molar-refractivity contribution in [2.75, 3.05) is 24.6 Å². The van der Waals surface area contributed by atoms with Gasteiger partial charge in [0, 0.05) is 6.54 Å². The number of hydrogen-bond donors (Lipinski definition) is 1. The average Bonchev–Trinajstić information content (AvgIpc) is 2.38. The van der Waals surface area contributed by atoms with E-state index in [4.69, 9.17) is 10.00 Å². The minimum absolute atomic E-state index is 0.263. The summed E-state index contributed by atoms with van der Waals surface area (Å²) < 4.78 is 5.26. The SMILES string of the molecule is Cc1ccc(C(=O)O)c(N2CCOC(C#N)C2)c1. The smallest absolute Gasteiger partial charge is 0.337 e. The number of ether oxygens (including phenoxy) is 1. The number of aryl methyl sites for hydroxylation is 1. The van der Waals surface area contributed by atoms with E-state index in [1.54, 1.807) is 12.1 Å². The number of morpholine rings is 1. The van der Waals surface area contributed by atoms with Crippen LogP contribution >= 0.6 is 0 Å². The highest BCUT2D eigenvalue weighted by Gasteiger charge is 2.23. The minimum Gasteiger partial charge on any atom is -0.478 e. The van der Waals surface area contributed by atoms with E-state index in [0.29, 0.717) is 25.4 Å². The number of rotatable bonds is 2. The Morgan fingerprint density at radius 3 is 3.06 bits per heavy atom. The fraction of sp³-hybridized carbons (Fsp3) is 0.385. The third kappa shape index (κ3) is 2.44. The number of hydrogen-bond acceptors (Lipinski definition) is 4. The standard InChI is InChI=1S/C13H14N2O3/c1-9-2-3-11(13(16)17)12(6-9)15-4-5-18-10(7-14)8-15/h2-3,6,10H,4-5,8H2,1H3,(H,16,17). The zero-order valence-corrected chi connectivity index (χ0v) is 10.1. The number of nitrogens with zero attached hydrogens (tertiary/aromatic N) is 2. The van der Waals surface area contributed by atoms with Gasteiger partial charge in [0.1, 0.15) is 0 Å². The van der Waals surface area contributed by atoms with E-state index in [0.717, 1.165) is 5.56 Å². The van der Waals surface area contributed by atoms with E-state index < -0.39 is 12.1 Å². The molecule has 0 aromatic heterocycles. The van der Waals surface area contributed by atoms with Gasteiger partial charge >= 0.3 is 5.97 Å². The Labute approximate surface area is 105 Å². The highest BCUT2D eigenvalue weighted by Crippen LogP contribution is 2.24. The summed E-state index contributed by atoms with van der Waals surface area (Å²) in [6.45, 7) is 3.35. The fourth-order valence-electron chi connectivity index (χ4n) is 2.03. The second kappa shape index (κ2) is 5.07. The highest BCUT2D eigenvalue weighted by molar-refractivity contribution is 5.94. The maximum absolute atomic E-state index is 11.2. The number of carboxylic acids is 1. The molecule has 0 spiro atoms. The van der Waals surface area contributed by atoms with Crippen molar-refractivity contribution in [3.63, 3.8) is 0 Å². The van der Waals surface area contributed by atoms with Crippen LogP contribution < -0.4 is 4.90 Å². The first-order valence-corrected chi connectivity index (χ1v) is 5.72. The molecule has 1 aliphatic rings. The second-order valence-electron chi connectivity index (χ2n) is 4.26.